The summed E-state index contributed by atoms with van der Waals surface area (Å²) < 4.78 is 0. The van der Waals surface area contributed by atoms with Crippen molar-refractivity contribution in [2.24, 2.45) is 0 Å². The van der Waals surface area contributed by atoms with Gasteiger partial charge in [-0.1, -0.05) is 78.7 Å². The van der Waals surface area contributed by atoms with E-state index in [4.69, 9.17) is 19.8 Å². The SMILES string of the molecule is C=CC[P+](CCCC)(CCCC)CCN(C)C.C=CC[P+](CCCC)(CCCC)CCN(C)C.CC(=O)[O-].CC(=O)[O-]. The van der Waals surface area contributed by atoms with E-state index in [0.717, 1.165) is 13.8 Å². The number of carbonyl (C=O) groups is 2. The number of unbranched alkanes of at least 4 members (excludes halogenated alkanes) is 4. The molecule has 0 aliphatic rings. The summed E-state index contributed by atoms with van der Waals surface area (Å²) in [7, 11) is 7.30. The van der Waals surface area contributed by atoms with E-state index < -0.39 is 26.5 Å². The molecule has 0 saturated carbocycles. The Morgan fingerprint density at radius 1 is 0.571 bits per heavy atom. The summed E-state index contributed by atoms with van der Waals surface area (Å²) in [5, 5.41) is 17.8. The fourth-order valence-corrected chi connectivity index (χ4v) is 13.7. The Hall–Kier alpha value is -0.800. The predicted molar refractivity (Wildman–Crippen MR) is 191 cm³/mol. The van der Waals surface area contributed by atoms with Gasteiger partial charge in [0.25, 0.3) is 0 Å². The Labute approximate surface area is 264 Å². The number of carboxylic acids is 2. The maximum Gasteiger partial charge on any atom is 0.0771 e. The van der Waals surface area contributed by atoms with E-state index in [0.29, 0.717) is 0 Å². The van der Waals surface area contributed by atoms with Gasteiger partial charge in [0.1, 0.15) is 0 Å². The monoisotopic (exact) mass is 634 g/mol. The summed E-state index contributed by atoms with van der Waals surface area (Å²) in [4.78, 5) is 22.5. The van der Waals surface area contributed by atoms with Crippen LogP contribution in [-0.2, 0) is 9.59 Å². The average Bonchev–Trinajstić information content (AvgIpc) is 2.90. The van der Waals surface area contributed by atoms with Crippen LogP contribution in [0.3, 0.4) is 0 Å². The van der Waals surface area contributed by atoms with Gasteiger partial charge in [-0.2, -0.15) is 0 Å². The Morgan fingerprint density at radius 3 is 0.929 bits per heavy atom. The van der Waals surface area contributed by atoms with E-state index in [1.807, 2.05) is 0 Å². The van der Waals surface area contributed by atoms with Gasteiger partial charge in [0.15, 0.2) is 0 Å². The zero-order valence-electron chi connectivity index (χ0n) is 29.7. The smallest absolute Gasteiger partial charge is 0.0771 e. The van der Waals surface area contributed by atoms with E-state index in [9.17, 15) is 0 Å². The Balaban J connectivity index is -0.000000273. The first-order chi connectivity index (χ1) is 19.7. The molecule has 0 amide bonds. The van der Waals surface area contributed by atoms with Gasteiger partial charge < -0.3 is 29.6 Å². The van der Waals surface area contributed by atoms with Crippen LogP contribution in [0.2, 0.25) is 0 Å². The fourth-order valence-electron chi connectivity index (χ4n) is 4.56. The lowest BCUT2D eigenvalue weighted by molar-refractivity contribution is -0.303. The number of hydrogen-bond donors (Lipinski definition) is 0. The molecule has 0 aromatic rings. The molecule has 0 saturated heterocycles. The zero-order chi connectivity index (χ0) is 33.5. The van der Waals surface area contributed by atoms with Crippen LogP contribution in [0.5, 0.6) is 0 Å². The average molecular weight is 635 g/mol. The Kier molecular flexibility index (Phi) is 37.9. The summed E-state index contributed by atoms with van der Waals surface area (Å²) in [6.45, 7) is 21.7. The largest absolute Gasteiger partial charge is 0.550 e. The third-order valence-corrected chi connectivity index (χ3v) is 16.4. The second-order valence-corrected chi connectivity index (χ2v) is 20.8. The molecule has 42 heavy (non-hydrogen) atoms. The van der Waals surface area contributed by atoms with Gasteiger partial charge in [-0.3, -0.25) is 0 Å². The molecular weight excluding hydrogens is 562 g/mol. The number of carboxylic acid groups (broad SMARTS) is 2. The Bertz CT molecular complexity index is 565. The van der Waals surface area contributed by atoms with Gasteiger partial charge >= 0.3 is 0 Å². The lowest BCUT2D eigenvalue weighted by Gasteiger charge is -2.28. The molecule has 0 spiro atoms. The van der Waals surface area contributed by atoms with Gasteiger partial charge in [-0.15, -0.1) is 0 Å². The molecule has 0 bridgehead atoms. The number of hydrogen-bond acceptors (Lipinski definition) is 6. The number of aliphatic carboxylic acids is 2. The maximum absolute atomic E-state index is 8.89. The van der Waals surface area contributed by atoms with Gasteiger partial charge in [0.05, 0.1) is 49.3 Å². The van der Waals surface area contributed by atoms with Crippen LogP contribution < -0.4 is 10.2 Å². The van der Waals surface area contributed by atoms with Crippen molar-refractivity contribution in [3.05, 3.63) is 25.3 Å². The summed E-state index contributed by atoms with van der Waals surface area (Å²) in [6, 6.07) is 0. The summed E-state index contributed by atoms with van der Waals surface area (Å²) >= 11 is 0. The molecular formula is C34H72N2O4P2. The normalized spacial score (nSPS) is 11.0. The number of carbonyl (C=O) groups excluding carboxylic acids is 2. The predicted octanol–water partition coefficient (Wildman–Crippen LogP) is 6.22. The third-order valence-electron chi connectivity index (χ3n) is 7.02. The first-order valence-electron chi connectivity index (χ1n) is 16.2. The highest BCUT2D eigenvalue weighted by molar-refractivity contribution is 7.76. The second-order valence-electron chi connectivity index (χ2n) is 12.0. The fraction of sp³-hybridized carbons (Fsp3) is 0.824. The van der Waals surface area contributed by atoms with Crippen LogP contribution in [0.15, 0.2) is 25.3 Å². The maximum atomic E-state index is 8.89. The highest BCUT2D eigenvalue weighted by atomic mass is 31.2. The molecule has 0 aromatic heterocycles. The van der Waals surface area contributed by atoms with Gasteiger partial charge in [0.2, 0.25) is 0 Å². The molecule has 0 heterocycles. The number of rotatable bonds is 22. The molecule has 0 atom stereocenters. The van der Waals surface area contributed by atoms with Crippen molar-refractivity contribution in [1.29, 1.82) is 0 Å². The minimum atomic E-state index is -1.08. The van der Waals surface area contributed by atoms with E-state index in [1.54, 1.807) is 0 Å². The third kappa shape index (κ3) is 37.2. The summed E-state index contributed by atoms with van der Waals surface area (Å²) in [5.41, 5.74) is 0. The molecule has 0 rings (SSSR count). The highest BCUT2D eigenvalue weighted by Crippen LogP contribution is 2.60. The first kappa shape index (κ1) is 48.1. The van der Waals surface area contributed by atoms with Crippen molar-refractivity contribution < 1.29 is 19.8 Å². The van der Waals surface area contributed by atoms with Crippen molar-refractivity contribution in [2.45, 2.75) is 92.9 Å². The topological polar surface area (TPSA) is 86.7 Å². The van der Waals surface area contributed by atoms with Gasteiger partial charge in [0, 0.05) is 39.6 Å². The minimum Gasteiger partial charge on any atom is -0.550 e. The van der Waals surface area contributed by atoms with E-state index in [-0.39, 0.29) is 0 Å². The van der Waals surface area contributed by atoms with Crippen molar-refractivity contribution >= 4 is 26.5 Å². The molecule has 0 aliphatic heterocycles. The zero-order valence-corrected chi connectivity index (χ0v) is 31.5. The van der Waals surface area contributed by atoms with Crippen molar-refractivity contribution in [1.82, 2.24) is 9.80 Å². The standard InChI is InChI=1S/2C15H33NP.2C2H4O2/c2*1-6-9-13-17(12-8-3,14-10-7-2)15-11-16(4)5;2*1-2(3)4/h2*8H,3,6-7,9-15H2,1-2,4-5H3;2*1H3,(H,3,4)/q2*+1;;/p-2. The van der Waals surface area contributed by atoms with Crippen LogP contribution in [0.1, 0.15) is 92.9 Å². The van der Waals surface area contributed by atoms with Crippen LogP contribution in [0.25, 0.3) is 0 Å². The second kappa shape index (κ2) is 33.1. The molecule has 0 fully saturated rings. The van der Waals surface area contributed by atoms with Crippen LogP contribution in [0.4, 0.5) is 0 Å². The first-order valence-corrected chi connectivity index (χ1v) is 21.3. The van der Waals surface area contributed by atoms with Crippen LogP contribution in [-0.4, -0.2) is 112 Å². The van der Waals surface area contributed by atoms with Crippen molar-refractivity contribution in [2.75, 3.05) is 90.6 Å². The lowest BCUT2D eigenvalue weighted by atomic mass is 10.4. The molecule has 0 aromatic carbocycles. The number of nitrogens with zero attached hydrogens (tertiary/aromatic N) is 2. The van der Waals surface area contributed by atoms with E-state index in [1.165, 1.54) is 114 Å². The quantitative estimate of drug-likeness (QED) is 0.104. The molecule has 0 radical (unpaired) electrons. The molecule has 252 valence electrons. The van der Waals surface area contributed by atoms with Crippen LogP contribution in [0, 0.1) is 0 Å². The summed E-state index contributed by atoms with van der Waals surface area (Å²) in [6.07, 6.45) is 26.8. The van der Waals surface area contributed by atoms with Gasteiger partial charge in [-0.05, 0) is 67.7 Å². The summed E-state index contributed by atoms with van der Waals surface area (Å²) in [5.74, 6) is -2.17. The van der Waals surface area contributed by atoms with Gasteiger partial charge in [-0.25, -0.2) is 0 Å². The van der Waals surface area contributed by atoms with E-state index in [2.05, 4.69) is 91.0 Å². The van der Waals surface area contributed by atoms with E-state index >= 15 is 0 Å². The molecule has 0 unspecified atom stereocenters. The van der Waals surface area contributed by atoms with Crippen molar-refractivity contribution in [3.63, 3.8) is 0 Å². The minimum absolute atomic E-state index is 0.743. The molecule has 6 nitrogen and oxygen atoms in total. The Morgan fingerprint density at radius 2 is 0.786 bits per heavy atom. The molecule has 0 N–H and O–H groups in total. The highest BCUT2D eigenvalue weighted by Gasteiger charge is 2.35. The number of allylic oxidation sites excluding steroid dienone is 2. The lowest BCUT2D eigenvalue weighted by Crippen LogP contribution is -2.22. The van der Waals surface area contributed by atoms with Crippen LogP contribution >= 0.6 is 14.5 Å². The molecule has 0 aliphatic carbocycles. The molecule has 8 heteroatoms. The van der Waals surface area contributed by atoms with Crippen molar-refractivity contribution in [3.8, 4) is 0 Å².